The van der Waals surface area contributed by atoms with Crippen molar-refractivity contribution in [1.82, 2.24) is 5.32 Å². The highest BCUT2D eigenvalue weighted by atomic mass is 16.5. The summed E-state index contributed by atoms with van der Waals surface area (Å²) in [6.07, 6.45) is 0. The molecule has 1 N–H and O–H groups in total. The zero-order chi connectivity index (χ0) is 14.4. The van der Waals surface area contributed by atoms with Gasteiger partial charge in [-0.1, -0.05) is 42.0 Å². The second-order valence-corrected chi connectivity index (χ2v) is 5.09. The van der Waals surface area contributed by atoms with Crippen LogP contribution in [0, 0.1) is 6.92 Å². The van der Waals surface area contributed by atoms with Crippen molar-refractivity contribution in [3.05, 3.63) is 65.2 Å². The molecule has 20 heavy (non-hydrogen) atoms. The average Bonchev–Trinajstić information content (AvgIpc) is 2.47. The molecule has 0 fully saturated rings. The zero-order valence-corrected chi connectivity index (χ0v) is 12.5. The van der Waals surface area contributed by atoms with Crippen molar-refractivity contribution in [2.75, 3.05) is 6.61 Å². The van der Waals surface area contributed by atoms with Crippen LogP contribution in [0.25, 0.3) is 0 Å². The number of benzene rings is 2. The van der Waals surface area contributed by atoms with E-state index in [1.54, 1.807) is 0 Å². The minimum Gasteiger partial charge on any atom is -0.494 e. The van der Waals surface area contributed by atoms with Gasteiger partial charge in [-0.05, 0) is 44.0 Å². The molecule has 0 aliphatic heterocycles. The lowest BCUT2D eigenvalue weighted by molar-refractivity contribution is 0.340. The molecule has 0 unspecified atom stereocenters. The third kappa shape index (κ3) is 4.10. The Hall–Kier alpha value is -1.80. The van der Waals surface area contributed by atoms with Gasteiger partial charge in [-0.3, -0.25) is 0 Å². The van der Waals surface area contributed by atoms with Crippen molar-refractivity contribution in [3.8, 4) is 5.75 Å². The van der Waals surface area contributed by atoms with Gasteiger partial charge in [-0.25, -0.2) is 0 Å². The number of nitrogens with one attached hydrogen (secondary N) is 1. The number of ether oxygens (including phenoxy) is 1. The molecule has 0 saturated heterocycles. The van der Waals surface area contributed by atoms with Gasteiger partial charge < -0.3 is 10.1 Å². The summed E-state index contributed by atoms with van der Waals surface area (Å²) in [6.45, 7) is 7.88. The van der Waals surface area contributed by atoms with Gasteiger partial charge in [0.1, 0.15) is 5.75 Å². The van der Waals surface area contributed by atoms with Crippen LogP contribution in [-0.4, -0.2) is 6.61 Å². The van der Waals surface area contributed by atoms with Gasteiger partial charge in [0.15, 0.2) is 0 Å². The van der Waals surface area contributed by atoms with E-state index in [9.17, 15) is 0 Å². The molecule has 0 aliphatic carbocycles. The summed E-state index contributed by atoms with van der Waals surface area (Å²) in [5.74, 6) is 0.933. The molecule has 0 bridgehead atoms. The summed E-state index contributed by atoms with van der Waals surface area (Å²) in [7, 11) is 0. The molecule has 0 heterocycles. The van der Waals surface area contributed by atoms with Gasteiger partial charge in [0, 0.05) is 12.6 Å². The Kier molecular flexibility index (Phi) is 5.19. The molecular formula is C18H23NO. The van der Waals surface area contributed by atoms with Crippen LogP contribution in [-0.2, 0) is 6.54 Å². The molecule has 106 valence electrons. The van der Waals surface area contributed by atoms with Gasteiger partial charge in [-0.15, -0.1) is 0 Å². The number of hydrogen-bond acceptors (Lipinski definition) is 2. The molecule has 2 aromatic carbocycles. The fourth-order valence-corrected chi connectivity index (χ4v) is 2.11. The van der Waals surface area contributed by atoms with Crippen LogP contribution in [0.1, 0.15) is 36.6 Å². The van der Waals surface area contributed by atoms with E-state index < -0.39 is 0 Å². The zero-order valence-electron chi connectivity index (χ0n) is 12.5. The van der Waals surface area contributed by atoms with Crippen molar-refractivity contribution < 1.29 is 4.74 Å². The van der Waals surface area contributed by atoms with Gasteiger partial charge in [0.2, 0.25) is 0 Å². The van der Waals surface area contributed by atoms with Gasteiger partial charge in [-0.2, -0.15) is 0 Å². The SMILES string of the molecule is CCOc1ccc(CN[C@H](C)c2ccc(C)cc2)cc1. The fraction of sp³-hybridized carbons (Fsp3) is 0.333. The van der Waals surface area contributed by atoms with Crippen molar-refractivity contribution >= 4 is 0 Å². The first-order chi connectivity index (χ1) is 9.69. The summed E-state index contributed by atoms with van der Waals surface area (Å²) < 4.78 is 5.45. The van der Waals surface area contributed by atoms with Crippen LogP contribution < -0.4 is 10.1 Å². The Labute approximate surface area is 121 Å². The molecule has 0 radical (unpaired) electrons. The monoisotopic (exact) mass is 269 g/mol. The molecule has 2 nitrogen and oxygen atoms in total. The topological polar surface area (TPSA) is 21.3 Å². The highest BCUT2D eigenvalue weighted by Gasteiger charge is 2.04. The van der Waals surface area contributed by atoms with Crippen molar-refractivity contribution in [2.24, 2.45) is 0 Å². The summed E-state index contributed by atoms with van der Waals surface area (Å²) in [4.78, 5) is 0. The molecule has 2 aromatic rings. The molecule has 0 aromatic heterocycles. The Morgan fingerprint density at radius 1 is 1.00 bits per heavy atom. The van der Waals surface area contributed by atoms with E-state index >= 15 is 0 Å². The van der Waals surface area contributed by atoms with Crippen LogP contribution >= 0.6 is 0 Å². The summed E-state index contributed by atoms with van der Waals surface area (Å²) in [5, 5.41) is 3.55. The Balaban J connectivity index is 1.89. The maximum absolute atomic E-state index is 5.45. The largest absolute Gasteiger partial charge is 0.494 e. The van der Waals surface area contributed by atoms with Crippen molar-refractivity contribution in [1.29, 1.82) is 0 Å². The minimum absolute atomic E-state index is 0.349. The number of rotatable bonds is 6. The van der Waals surface area contributed by atoms with Gasteiger partial charge in [0.05, 0.1) is 6.61 Å². The average molecular weight is 269 g/mol. The van der Waals surface area contributed by atoms with E-state index in [0.717, 1.165) is 12.3 Å². The maximum Gasteiger partial charge on any atom is 0.119 e. The maximum atomic E-state index is 5.45. The fourth-order valence-electron chi connectivity index (χ4n) is 2.11. The molecule has 0 amide bonds. The quantitative estimate of drug-likeness (QED) is 0.846. The van der Waals surface area contributed by atoms with E-state index in [0.29, 0.717) is 12.6 Å². The molecular weight excluding hydrogens is 246 g/mol. The normalized spacial score (nSPS) is 12.2. The third-order valence-electron chi connectivity index (χ3n) is 3.42. The Bertz CT molecular complexity index is 516. The first-order valence-corrected chi connectivity index (χ1v) is 7.20. The van der Waals surface area contributed by atoms with Crippen molar-refractivity contribution in [2.45, 2.75) is 33.4 Å². The second kappa shape index (κ2) is 7.11. The van der Waals surface area contributed by atoms with E-state index in [4.69, 9.17) is 4.74 Å². The predicted molar refractivity (Wildman–Crippen MR) is 84.0 cm³/mol. The molecule has 0 spiro atoms. The van der Waals surface area contributed by atoms with Crippen LogP contribution in [0.15, 0.2) is 48.5 Å². The van der Waals surface area contributed by atoms with Crippen molar-refractivity contribution in [3.63, 3.8) is 0 Å². The van der Waals surface area contributed by atoms with Crippen LogP contribution in [0.3, 0.4) is 0 Å². The first-order valence-electron chi connectivity index (χ1n) is 7.20. The van der Waals surface area contributed by atoms with Crippen LogP contribution in [0.4, 0.5) is 0 Å². The summed E-state index contributed by atoms with van der Waals surface area (Å²) >= 11 is 0. The van der Waals surface area contributed by atoms with E-state index in [-0.39, 0.29) is 0 Å². The van der Waals surface area contributed by atoms with E-state index in [2.05, 4.69) is 55.6 Å². The van der Waals surface area contributed by atoms with Gasteiger partial charge in [0.25, 0.3) is 0 Å². The minimum atomic E-state index is 0.349. The first kappa shape index (κ1) is 14.6. The highest BCUT2D eigenvalue weighted by molar-refractivity contribution is 5.28. The molecule has 0 aliphatic rings. The second-order valence-electron chi connectivity index (χ2n) is 5.09. The Morgan fingerprint density at radius 2 is 1.65 bits per heavy atom. The Morgan fingerprint density at radius 3 is 2.25 bits per heavy atom. The van der Waals surface area contributed by atoms with Gasteiger partial charge >= 0.3 is 0 Å². The molecule has 2 heteroatoms. The number of hydrogen-bond donors (Lipinski definition) is 1. The lowest BCUT2D eigenvalue weighted by Crippen LogP contribution is -2.17. The lowest BCUT2D eigenvalue weighted by atomic mass is 10.1. The molecule has 2 rings (SSSR count). The summed E-state index contributed by atoms with van der Waals surface area (Å²) in [5.41, 5.74) is 3.89. The van der Waals surface area contributed by atoms with E-state index in [1.807, 2.05) is 19.1 Å². The third-order valence-corrected chi connectivity index (χ3v) is 3.42. The molecule has 0 saturated carbocycles. The highest BCUT2D eigenvalue weighted by Crippen LogP contribution is 2.15. The van der Waals surface area contributed by atoms with E-state index in [1.165, 1.54) is 16.7 Å². The summed E-state index contributed by atoms with van der Waals surface area (Å²) in [6, 6.07) is 17.3. The van der Waals surface area contributed by atoms with Crippen LogP contribution in [0.2, 0.25) is 0 Å². The van der Waals surface area contributed by atoms with Crippen LogP contribution in [0.5, 0.6) is 5.75 Å². The molecule has 1 atom stereocenters. The standard InChI is InChI=1S/C18H23NO/c1-4-20-18-11-7-16(8-12-18)13-19-15(3)17-9-5-14(2)6-10-17/h5-12,15,19H,4,13H2,1-3H3/t15-/m1/s1. The predicted octanol–water partition coefficient (Wildman–Crippen LogP) is 4.24. The number of aryl methyl sites for hydroxylation is 1. The lowest BCUT2D eigenvalue weighted by Gasteiger charge is -2.15. The smallest absolute Gasteiger partial charge is 0.119 e.